The van der Waals surface area contributed by atoms with Crippen LogP contribution in [0.15, 0.2) is 46.2 Å². The van der Waals surface area contributed by atoms with Crippen LogP contribution >= 0.6 is 11.8 Å². The molecule has 1 fully saturated rings. The first-order valence-corrected chi connectivity index (χ1v) is 8.41. The van der Waals surface area contributed by atoms with Gasteiger partial charge in [-0.2, -0.15) is 8.42 Å². The van der Waals surface area contributed by atoms with Gasteiger partial charge in [0.05, 0.1) is 15.6 Å². The Kier molecular flexibility index (Phi) is 4.62. The number of amidine groups is 1. The lowest BCUT2D eigenvalue weighted by Gasteiger charge is -2.12. The summed E-state index contributed by atoms with van der Waals surface area (Å²) in [5.74, 6) is -0.134. The fourth-order valence-electron chi connectivity index (χ4n) is 1.67. The first-order valence-electron chi connectivity index (χ1n) is 5.98. The lowest BCUT2D eigenvalue weighted by Crippen LogP contribution is -2.30. The number of amides is 1. The van der Waals surface area contributed by atoms with Crippen molar-refractivity contribution in [1.82, 2.24) is 4.90 Å². The fraction of sp³-hybridized carbons (Fsp3) is 0.167. The van der Waals surface area contributed by atoms with Gasteiger partial charge in [-0.25, -0.2) is 0 Å². The molecule has 1 amide bonds. The van der Waals surface area contributed by atoms with Crippen LogP contribution in [0.3, 0.4) is 0 Å². The molecule has 1 aliphatic heterocycles. The van der Waals surface area contributed by atoms with Crippen LogP contribution in [-0.2, 0) is 14.8 Å². The molecule has 8 nitrogen and oxygen atoms in total. The molecule has 1 saturated heterocycles. The highest BCUT2D eigenvalue weighted by atomic mass is 32.2. The van der Waals surface area contributed by atoms with Crippen molar-refractivity contribution in [3.63, 3.8) is 0 Å². The van der Waals surface area contributed by atoms with Crippen LogP contribution in [0.1, 0.15) is 0 Å². The molecular formula is C12H11N3O5S2. The maximum atomic E-state index is 12.2. The molecule has 0 unspecified atom stereocenters. The van der Waals surface area contributed by atoms with Crippen molar-refractivity contribution in [3.05, 3.63) is 47.0 Å². The summed E-state index contributed by atoms with van der Waals surface area (Å²) in [7, 11) is -4.04. The Morgan fingerprint density at radius 1 is 1.41 bits per heavy atom. The molecule has 0 aromatic heterocycles. The van der Waals surface area contributed by atoms with Crippen molar-refractivity contribution in [3.8, 4) is 0 Å². The third-order valence-corrected chi connectivity index (χ3v) is 5.07. The summed E-state index contributed by atoms with van der Waals surface area (Å²) in [4.78, 5) is 22.6. The van der Waals surface area contributed by atoms with E-state index >= 15 is 0 Å². The molecule has 2 rings (SSSR count). The molecule has 1 heterocycles. The van der Waals surface area contributed by atoms with Crippen LogP contribution in [0, 0.1) is 10.1 Å². The maximum absolute atomic E-state index is 12.2. The number of nitro groups is 1. The molecule has 1 aromatic carbocycles. The second kappa shape index (κ2) is 6.28. The Bertz CT molecular complexity index is 755. The number of thioether (sulfide) groups is 1. The van der Waals surface area contributed by atoms with E-state index in [1.807, 2.05) is 0 Å². The third-order valence-electron chi connectivity index (χ3n) is 2.71. The van der Waals surface area contributed by atoms with Gasteiger partial charge < -0.3 is 0 Å². The average Bonchev–Trinajstić information content (AvgIpc) is 2.80. The zero-order chi connectivity index (χ0) is 16.3. The summed E-state index contributed by atoms with van der Waals surface area (Å²) in [6.45, 7) is 3.67. The highest BCUT2D eigenvalue weighted by Crippen LogP contribution is 2.23. The lowest BCUT2D eigenvalue weighted by atomic mass is 10.3. The molecule has 0 atom stereocenters. The Labute approximate surface area is 130 Å². The maximum Gasteiger partial charge on any atom is 0.284 e. The summed E-state index contributed by atoms with van der Waals surface area (Å²) in [5.41, 5.74) is -0.217. The summed E-state index contributed by atoms with van der Waals surface area (Å²) >= 11 is 1.02. The molecule has 0 aliphatic carbocycles. The largest absolute Gasteiger partial charge is 0.286 e. The van der Waals surface area contributed by atoms with Crippen molar-refractivity contribution in [2.45, 2.75) is 4.90 Å². The Hall–Kier alpha value is -2.20. The van der Waals surface area contributed by atoms with E-state index in [1.54, 1.807) is 0 Å². The van der Waals surface area contributed by atoms with Crippen LogP contribution in [0.5, 0.6) is 0 Å². The summed E-state index contributed by atoms with van der Waals surface area (Å²) < 4.78 is 28.0. The van der Waals surface area contributed by atoms with E-state index in [0.29, 0.717) is 0 Å². The molecule has 0 radical (unpaired) electrons. The Balaban J connectivity index is 2.34. The second-order valence-corrected chi connectivity index (χ2v) is 6.73. The highest BCUT2D eigenvalue weighted by molar-refractivity contribution is 8.15. The number of hydrogen-bond donors (Lipinski definition) is 0. The Morgan fingerprint density at radius 2 is 2.05 bits per heavy atom. The van der Waals surface area contributed by atoms with Crippen LogP contribution in [-0.4, -0.2) is 41.6 Å². The van der Waals surface area contributed by atoms with Gasteiger partial charge in [-0.05, 0) is 12.1 Å². The quantitative estimate of drug-likeness (QED) is 0.455. The standard InChI is InChI=1S/C12H11N3O5S2/c1-2-7-14-11(16)8-21-12(14)13-22(19,20)10-5-3-9(4-6-10)15(17)18/h2-6H,1,7-8H2/b13-12-. The van der Waals surface area contributed by atoms with Gasteiger partial charge in [0.2, 0.25) is 5.91 Å². The minimum atomic E-state index is -4.04. The van der Waals surface area contributed by atoms with E-state index in [9.17, 15) is 23.3 Å². The first-order chi connectivity index (χ1) is 10.3. The van der Waals surface area contributed by atoms with E-state index in [4.69, 9.17) is 0 Å². The zero-order valence-electron chi connectivity index (χ0n) is 11.2. The van der Waals surface area contributed by atoms with E-state index in [-0.39, 0.29) is 34.0 Å². The smallest absolute Gasteiger partial charge is 0.284 e. The van der Waals surface area contributed by atoms with Crippen LogP contribution in [0.4, 0.5) is 5.69 Å². The molecule has 0 spiro atoms. The van der Waals surface area contributed by atoms with Gasteiger partial charge in [0, 0.05) is 18.7 Å². The van der Waals surface area contributed by atoms with E-state index < -0.39 is 14.9 Å². The van der Waals surface area contributed by atoms with Gasteiger partial charge in [-0.15, -0.1) is 11.0 Å². The number of hydrogen-bond acceptors (Lipinski definition) is 6. The van der Waals surface area contributed by atoms with Gasteiger partial charge in [0.25, 0.3) is 15.7 Å². The predicted molar refractivity (Wildman–Crippen MR) is 82.1 cm³/mol. The van der Waals surface area contributed by atoms with Gasteiger partial charge in [0.15, 0.2) is 5.17 Å². The summed E-state index contributed by atoms with van der Waals surface area (Å²) in [5, 5.41) is 10.6. The van der Waals surface area contributed by atoms with Gasteiger partial charge >= 0.3 is 0 Å². The monoisotopic (exact) mass is 341 g/mol. The number of carbonyl (C=O) groups excluding carboxylic acids is 1. The third kappa shape index (κ3) is 3.34. The van der Waals surface area contributed by atoms with Crippen molar-refractivity contribution in [1.29, 1.82) is 0 Å². The number of rotatable bonds is 5. The SMILES string of the molecule is C=CCN1C(=O)CS/C1=N\S(=O)(=O)c1ccc([N+](=O)[O-])cc1. The normalized spacial score (nSPS) is 17.0. The molecule has 22 heavy (non-hydrogen) atoms. The summed E-state index contributed by atoms with van der Waals surface area (Å²) in [6.07, 6.45) is 1.47. The van der Waals surface area contributed by atoms with Gasteiger partial charge in [-0.3, -0.25) is 19.8 Å². The molecule has 10 heteroatoms. The van der Waals surface area contributed by atoms with E-state index in [2.05, 4.69) is 11.0 Å². The van der Waals surface area contributed by atoms with Crippen LogP contribution in [0.25, 0.3) is 0 Å². The topological polar surface area (TPSA) is 110 Å². The number of sulfonamides is 1. The molecule has 1 aliphatic rings. The predicted octanol–water partition coefficient (Wildman–Crippen LogP) is 1.40. The van der Waals surface area contributed by atoms with Gasteiger partial charge in [0.1, 0.15) is 0 Å². The molecule has 116 valence electrons. The number of nitro benzene ring substituents is 1. The molecule has 0 saturated carbocycles. The average molecular weight is 341 g/mol. The molecule has 1 aromatic rings. The minimum Gasteiger partial charge on any atom is -0.286 e. The molecule has 0 N–H and O–H groups in total. The van der Waals surface area contributed by atoms with Crippen molar-refractivity contribution >= 4 is 38.5 Å². The zero-order valence-corrected chi connectivity index (χ0v) is 12.8. The highest BCUT2D eigenvalue weighted by Gasteiger charge is 2.29. The number of non-ortho nitro benzene ring substituents is 1. The number of carbonyl (C=O) groups is 1. The van der Waals surface area contributed by atoms with Crippen molar-refractivity contribution in [2.24, 2.45) is 4.40 Å². The molecular weight excluding hydrogens is 330 g/mol. The minimum absolute atomic E-state index is 0.0725. The van der Waals surface area contributed by atoms with E-state index in [1.165, 1.54) is 11.0 Å². The number of nitrogens with zero attached hydrogens (tertiary/aromatic N) is 3. The summed E-state index contributed by atoms with van der Waals surface area (Å²) in [6, 6.07) is 4.39. The Morgan fingerprint density at radius 3 is 2.59 bits per heavy atom. The van der Waals surface area contributed by atoms with Crippen LogP contribution < -0.4 is 0 Å². The molecule has 0 bridgehead atoms. The van der Waals surface area contributed by atoms with Crippen LogP contribution in [0.2, 0.25) is 0 Å². The van der Waals surface area contributed by atoms with Gasteiger partial charge in [-0.1, -0.05) is 17.8 Å². The van der Waals surface area contributed by atoms with Crippen molar-refractivity contribution < 1.29 is 18.1 Å². The van der Waals surface area contributed by atoms with Crippen molar-refractivity contribution in [2.75, 3.05) is 12.3 Å². The first kappa shape index (κ1) is 16.2. The fourth-order valence-corrected chi connectivity index (χ4v) is 3.80. The second-order valence-electron chi connectivity index (χ2n) is 4.18. The lowest BCUT2D eigenvalue weighted by molar-refractivity contribution is -0.384. The van der Waals surface area contributed by atoms with E-state index in [0.717, 1.165) is 36.0 Å². The number of benzene rings is 1.